The van der Waals surface area contributed by atoms with E-state index >= 15 is 0 Å². The molecule has 0 aromatic rings. The normalized spacial score (nSPS) is 33.8. The number of hydrogen-bond acceptors (Lipinski definition) is 3. The van der Waals surface area contributed by atoms with E-state index in [1.54, 1.807) is 0 Å². The number of thioether (sulfide) groups is 1. The van der Waals surface area contributed by atoms with E-state index < -0.39 is 0 Å². The van der Waals surface area contributed by atoms with Crippen molar-refractivity contribution in [2.75, 3.05) is 0 Å². The molecule has 18 heavy (non-hydrogen) atoms. The maximum absolute atomic E-state index is 9.47. The van der Waals surface area contributed by atoms with E-state index in [2.05, 4.69) is 37.0 Å². The molecular weight excluding hydrogens is 240 g/mol. The Bertz CT molecular complexity index is 304. The highest BCUT2D eigenvalue weighted by Gasteiger charge is 2.40. The predicted octanol–water partition coefficient (Wildman–Crippen LogP) is 3.87. The van der Waals surface area contributed by atoms with Gasteiger partial charge in [0, 0.05) is 16.5 Å². The van der Waals surface area contributed by atoms with Crippen molar-refractivity contribution in [3.8, 4) is 6.07 Å². The zero-order valence-electron chi connectivity index (χ0n) is 11.7. The minimum atomic E-state index is -0.236. The van der Waals surface area contributed by atoms with Crippen molar-refractivity contribution in [2.24, 2.45) is 0 Å². The van der Waals surface area contributed by atoms with Crippen LogP contribution in [-0.4, -0.2) is 22.1 Å². The molecule has 2 fully saturated rings. The highest BCUT2D eigenvalue weighted by molar-refractivity contribution is 8.00. The van der Waals surface area contributed by atoms with E-state index in [-0.39, 0.29) is 5.54 Å². The van der Waals surface area contributed by atoms with Crippen molar-refractivity contribution in [3.63, 3.8) is 0 Å². The van der Waals surface area contributed by atoms with Crippen LogP contribution in [0.3, 0.4) is 0 Å². The highest BCUT2D eigenvalue weighted by Crippen LogP contribution is 2.41. The topological polar surface area (TPSA) is 35.8 Å². The summed E-state index contributed by atoms with van der Waals surface area (Å²) >= 11 is 2.18. The van der Waals surface area contributed by atoms with Crippen LogP contribution in [0.2, 0.25) is 0 Å². The van der Waals surface area contributed by atoms with Gasteiger partial charge in [-0.1, -0.05) is 19.3 Å². The molecule has 0 aromatic carbocycles. The Labute approximate surface area is 116 Å². The van der Waals surface area contributed by atoms with Gasteiger partial charge in [-0.3, -0.25) is 5.32 Å². The Morgan fingerprint density at radius 2 is 1.89 bits per heavy atom. The van der Waals surface area contributed by atoms with Crippen LogP contribution >= 0.6 is 11.8 Å². The van der Waals surface area contributed by atoms with Crippen molar-refractivity contribution in [2.45, 2.75) is 87.3 Å². The largest absolute Gasteiger partial charge is 0.297 e. The molecule has 2 nitrogen and oxygen atoms in total. The summed E-state index contributed by atoms with van der Waals surface area (Å²) in [5.41, 5.74) is -0.236. The lowest BCUT2D eigenvalue weighted by atomic mass is 9.99. The number of hydrogen-bond donors (Lipinski definition) is 1. The summed E-state index contributed by atoms with van der Waals surface area (Å²) in [5, 5.41) is 14.5. The SMILES string of the molecule is CC(C)NC1(C#N)CCC(SC2CCCCC2)C1. The standard InChI is InChI=1S/C15H26N2S/c1-12(2)17-15(11-16)9-8-14(10-15)18-13-6-4-3-5-7-13/h12-14,17H,3-10H2,1-2H3. The monoisotopic (exact) mass is 266 g/mol. The zero-order valence-corrected chi connectivity index (χ0v) is 12.6. The van der Waals surface area contributed by atoms with Crippen LogP contribution in [0.5, 0.6) is 0 Å². The van der Waals surface area contributed by atoms with Gasteiger partial charge in [0.2, 0.25) is 0 Å². The third-order valence-electron chi connectivity index (χ3n) is 4.19. The molecule has 2 aliphatic carbocycles. The smallest absolute Gasteiger partial charge is 0.108 e. The molecule has 0 aliphatic heterocycles. The van der Waals surface area contributed by atoms with Crippen LogP contribution in [-0.2, 0) is 0 Å². The Kier molecular flexibility index (Phi) is 4.98. The van der Waals surface area contributed by atoms with Crippen LogP contribution in [0.1, 0.15) is 65.2 Å². The maximum Gasteiger partial charge on any atom is 0.108 e. The average molecular weight is 266 g/mol. The van der Waals surface area contributed by atoms with Gasteiger partial charge in [0.15, 0.2) is 0 Å². The molecule has 2 unspecified atom stereocenters. The molecule has 0 bridgehead atoms. The lowest BCUT2D eigenvalue weighted by Crippen LogP contribution is -2.45. The van der Waals surface area contributed by atoms with Crippen molar-refractivity contribution in [3.05, 3.63) is 0 Å². The Morgan fingerprint density at radius 3 is 2.50 bits per heavy atom. The van der Waals surface area contributed by atoms with Gasteiger partial charge in [-0.05, 0) is 46.0 Å². The number of nitrogens with zero attached hydrogens (tertiary/aromatic N) is 1. The summed E-state index contributed by atoms with van der Waals surface area (Å²) in [7, 11) is 0. The second kappa shape index (κ2) is 6.30. The van der Waals surface area contributed by atoms with E-state index in [0.717, 1.165) is 18.1 Å². The first-order valence-electron chi connectivity index (χ1n) is 7.48. The first kappa shape index (κ1) is 14.2. The fourth-order valence-electron chi connectivity index (χ4n) is 3.41. The summed E-state index contributed by atoms with van der Waals surface area (Å²) in [6.07, 6.45) is 10.4. The van der Waals surface area contributed by atoms with E-state index in [0.29, 0.717) is 11.3 Å². The van der Waals surface area contributed by atoms with Crippen LogP contribution < -0.4 is 5.32 Å². The van der Waals surface area contributed by atoms with E-state index in [1.165, 1.54) is 38.5 Å². The molecule has 102 valence electrons. The molecule has 0 saturated heterocycles. The Hall–Kier alpha value is -0.200. The van der Waals surface area contributed by atoms with Gasteiger partial charge in [-0.25, -0.2) is 0 Å². The highest BCUT2D eigenvalue weighted by atomic mass is 32.2. The molecule has 3 heteroatoms. The maximum atomic E-state index is 9.47. The lowest BCUT2D eigenvalue weighted by molar-refractivity contribution is 0.386. The van der Waals surface area contributed by atoms with Crippen LogP contribution in [0.4, 0.5) is 0 Å². The van der Waals surface area contributed by atoms with Crippen molar-refractivity contribution < 1.29 is 0 Å². The third-order valence-corrected chi connectivity index (χ3v) is 5.83. The molecule has 0 radical (unpaired) electrons. The molecule has 2 saturated carbocycles. The second-order valence-electron chi connectivity index (χ2n) is 6.25. The molecule has 2 aliphatic rings. The quantitative estimate of drug-likeness (QED) is 0.839. The van der Waals surface area contributed by atoms with Crippen LogP contribution in [0.15, 0.2) is 0 Å². The molecule has 2 atom stereocenters. The summed E-state index contributed by atoms with van der Waals surface area (Å²) in [4.78, 5) is 0. The van der Waals surface area contributed by atoms with Crippen LogP contribution in [0, 0.1) is 11.3 Å². The van der Waals surface area contributed by atoms with Gasteiger partial charge < -0.3 is 0 Å². The van der Waals surface area contributed by atoms with Crippen molar-refractivity contribution in [1.29, 1.82) is 5.26 Å². The third kappa shape index (κ3) is 3.65. The van der Waals surface area contributed by atoms with Crippen molar-refractivity contribution in [1.82, 2.24) is 5.32 Å². The summed E-state index contributed by atoms with van der Waals surface area (Å²) in [6, 6.07) is 2.96. The molecule has 0 aromatic heterocycles. The molecule has 0 spiro atoms. The van der Waals surface area contributed by atoms with E-state index in [9.17, 15) is 5.26 Å². The molecule has 2 rings (SSSR count). The number of rotatable bonds is 4. The molecule has 0 heterocycles. The summed E-state index contributed by atoms with van der Waals surface area (Å²) in [6.45, 7) is 4.28. The summed E-state index contributed by atoms with van der Waals surface area (Å²) < 4.78 is 0. The first-order chi connectivity index (χ1) is 8.63. The molecule has 0 amide bonds. The molecular formula is C15H26N2S. The van der Waals surface area contributed by atoms with Gasteiger partial charge >= 0.3 is 0 Å². The average Bonchev–Trinajstić information content (AvgIpc) is 2.73. The fourth-order valence-corrected chi connectivity index (χ4v) is 5.19. The minimum Gasteiger partial charge on any atom is -0.297 e. The second-order valence-corrected chi connectivity index (χ2v) is 7.86. The summed E-state index contributed by atoms with van der Waals surface area (Å²) in [5.74, 6) is 0. The van der Waals surface area contributed by atoms with Crippen LogP contribution in [0.25, 0.3) is 0 Å². The Balaban J connectivity index is 1.84. The van der Waals surface area contributed by atoms with Gasteiger partial charge in [-0.2, -0.15) is 17.0 Å². The van der Waals surface area contributed by atoms with Gasteiger partial charge in [0.05, 0.1) is 6.07 Å². The number of nitrogens with one attached hydrogen (secondary N) is 1. The van der Waals surface area contributed by atoms with E-state index in [4.69, 9.17) is 0 Å². The van der Waals surface area contributed by atoms with Crippen molar-refractivity contribution >= 4 is 11.8 Å². The fraction of sp³-hybridized carbons (Fsp3) is 0.933. The van der Waals surface area contributed by atoms with Gasteiger partial charge in [0.1, 0.15) is 5.54 Å². The van der Waals surface area contributed by atoms with Gasteiger partial charge in [-0.15, -0.1) is 0 Å². The Morgan fingerprint density at radius 1 is 1.17 bits per heavy atom. The lowest BCUT2D eigenvalue weighted by Gasteiger charge is -2.27. The predicted molar refractivity (Wildman–Crippen MR) is 78.7 cm³/mol. The first-order valence-corrected chi connectivity index (χ1v) is 8.42. The van der Waals surface area contributed by atoms with E-state index in [1.807, 2.05) is 0 Å². The number of nitriles is 1. The zero-order chi connectivity index (χ0) is 13.0. The minimum absolute atomic E-state index is 0.236. The molecule has 1 N–H and O–H groups in total. The van der Waals surface area contributed by atoms with Gasteiger partial charge in [0.25, 0.3) is 0 Å².